The largest absolute Gasteiger partial charge is 1.00 e. The number of ether oxygens (including phenoxy) is 12. The molecule has 0 amide bonds. The average Bonchev–Trinajstić information content (AvgIpc) is 1.69. The molecule has 0 fully saturated rings. The molecule has 7 aliphatic heterocycles. The summed E-state index contributed by atoms with van der Waals surface area (Å²) in [6, 6.07) is 17.5. The van der Waals surface area contributed by atoms with Crippen LogP contribution >= 0.6 is 23.5 Å². The summed E-state index contributed by atoms with van der Waals surface area (Å²) in [6.45, 7) is 5.02. The molecule has 3 aromatic rings. The number of thioether (sulfide) groups is 2. The van der Waals surface area contributed by atoms with Gasteiger partial charge in [-0.15, -0.1) is 22.0 Å². The van der Waals surface area contributed by atoms with Crippen molar-refractivity contribution in [2.75, 3.05) is 43.7 Å². The molecule has 14 atom stereocenters. The third kappa shape index (κ3) is 46.5. The van der Waals surface area contributed by atoms with E-state index in [2.05, 4.69) is 72.4 Å². The Hall–Kier alpha value is -12.1. The first-order valence-electron chi connectivity index (χ1n) is 46.4. The summed E-state index contributed by atoms with van der Waals surface area (Å²) in [7, 11) is -4.73. The number of aromatic amines is 1. The number of esters is 12. The first-order valence-corrected chi connectivity index (χ1v) is 49.9. The molecule has 0 aliphatic carbocycles. The van der Waals surface area contributed by atoms with Gasteiger partial charge in [-0.1, -0.05) is 216 Å². The third-order valence-electron chi connectivity index (χ3n) is 21.2. The number of rotatable bonds is 53. The number of hydrogen-bond acceptors (Lipinski definition) is 52. The van der Waals surface area contributed by atoms with Crippen LogP contribution < -0.4 is 29.6 Å². The molecule has 55 heteroatoms. The molecule has 147 heavy (non-hydrogen) atoms. The van der Waals surface area contributed by atoms with Crippen LogP contribution in [0.15, 0.2) is 151 Å². The summed E-state index contributed by atoms with van der Waals surface area (Å²) >= 11 is 2.42. The zero-order chi connectivity index (χ0) is 109. The molecule has 51 nitrogen and oxygen atoms in total. The summed E-state index contributed by atoms with van der Waals surface area (Å²) < 4.78 is 87.1. The second-order valence-electron chi connectivity index (χ2n) is 32.9. The molecule has 0 bridgehead atoms. The van der Waals surface area contributed by atoms with Gasteiger partial charge in [0.2, 0.25) is 51.6 Å². The van der Waals surface area contributed by atoms with Crippen molar-refractivity contribution in [2.45, 2.75) is 303 Å². The van der Waals surface area contributed by atoms with Crippen molar-refractivity contribution >= 4 is 105 Å². The fraction of sp³-hybridized carbons (Fsp3) is 0.576. The topological polar surface area (TPSA) is 832 Å². The zero-order valence-electron chi connectivity index (χ0n) is 81.1. The summed E-state index contributed by atoms with van der Waals surface area (Å²) in [5.74, 6) is -23.5. The molecule has 0 saturated carbocycles. The van der Waals surface area contributed by atoms with Gasteiger partial charge in [0.05, 0.1) is 21.4 Å². The van der Waals surface area contributed by atoms with Crippen molar-refractivity contribution in [1.82, 2.24) is 20.6 Å². The first-order chi connectivity index (χ1) is 69.2. The molecule has 0 saturated heterocycles. The number of cyclic esters (lactones) is 7. The number of aliphatic hydroxyl groups excluding tert-OH is 20. The molecule has 2 aromatic carbocycles. The predicted octanol–water partition coefficient (Wildman–Crippen LogP) is 5.63. The summed E-state index contributed by atoms with van der Waals surface area (Å²) in [5.41, 5.74) is 0.297. The van der Waals surface area contributed by atoms with Gasteiger partial charge < -0.3 is 164 Å². The number of benzene rings is 2. The average molecular weight is 2170 g/mol. The minimum absolute atomic E-state index is 0. The number of H-pyrrole nitrogens is 1. The Morgan fingerprint density at radius 3 is 0.946 bits per heavy atom. The molecular formula is C92H133N4NaO47S3. The number of hydrogen-bond donors (Lipinski definition) is 21. The van der Waals surface area contributed by atoms with Gasteiger partial charge in [-0.2, -0.15) is 5.21 Å². The number of carbonyl (C=O) groups is 12. The second kappa shape index (κ2) is 68.4. The molecule has 14 unspecified atom stereocenters. The Morgan fingerprint density at radius 2 is 0.653 bits per heavy atom. The van der Waals surface area contributed by atoms with Gasteiger partial charge >= 0.3 is 101 Å². The molecule has 1 aromatic heterocycles. The summed E-state index contributed by atoms with van der Waals surface area (Å²) in [6.07, 6.45) is 12.3. The molecule has 0 radical (unpaired) electrons. The van der Waals surface area contributed by atoms with Crippen LogP contribution in [0.4, 0.5) is 0 Å². The molecule has 0 spiro atoms. The Bertz CT molecular complexity index is 5030. The fourth-order valence-corrected chi connectivity index (χ4v) is 15.5. The van der Waals surface area contributed by atoms with E-state index in [1.165, 1.54) is 146 Å². The molecule has 8 heterocycles. The zero-order valence-corrected chi connectivity index (χ0v) is 85.6. The SMILES string of the molecule is CC(=O)OCC(O)C1OC(=O)C(O)=C1O.CC(=O)OCC(O)C1OC(=O)C(O)=C1O.CCCCCCCCCCCCCCCC(=O)OCC(OC(=O)CCCCCCCCCCCCCCC)C1OC(=O)C(O)=C1O.O=C1OC(C(O)COC(=O)c2ccccc2)C(O)=C1O.O=C1OC(C(O)CS(=O)(=O)[O-])C(O)=C1O.O=C1OC(C(O)CSc2ccccc2)C(O)=C1O.O=C1OC(C(O)CSc2nn[nH]n2)C(O)=C1O.[HH].[HH].[HH].[Na+]. The fourth-order valence-electron chi connectivity index (χ4n) is 13.3. The molecular weight excluding hydrogens is 2030 g/mol. The number of tetrazole rings is 1. The maximum Gasteiger partial charge on any atom is 1.00 e. The maximum absolute atomic E-state index is 12.6. The Balaban J connectivity index is 0.00000181. The van der Waals surface area contributed by atoms with Gasteiger partial charge in [-0.05, 0) is 42.3 Å². The van der Waals surface area contributed by atoms with E-state index >= 15 is 0 Å². The van der Waals surface area contributed by atoms with E-state index in [-0.39, 0.29) is 64.8 Å². The Labute approximate surface area is 877 Å². The Kier molecular flexibility index (Phi) is 60.1. The van der Waals surface area contributed by atoms with Gasteiger partial charge in [-0.3, -0.25) is 19.2 Å². The van der Waals surface area contributed by atoms with Gasteiger partial charge in [0.25, 0.3) is 0 Å². The molecule has 21 N–H and O–H groups in total. The number of carbonyl (C=O) groups excluding carboxylic acids is 12. The van der Waals surface area contributed by atoms with Gasteiger partial charge in [0.15, 0.2) is 83.0 Å². The minimum atomic E-state index is -4.73. The van der Waals surface area contributed by atoms with Crippen LogP contribution in [-0.4, -0.2) is 336 Å². The second-order valence-corrected chi connectivity index (χ2v) is 36.5. The number of aromatic nitrogens is 4. The van der Waals surface area contributed by atoms with Crippen molar-refractivity contribution in [2.24, 2.45) is 0 Å². The van der Waals surface area contributed by atoms with Crippen molar-refractivity contribution in [3.63, 3.8) is 0 Å². The molecule has 7 aliphatic rings. The minimum Gasteiger partial charge on any atom is -0.748 e. The predicted molar refractivity (Wildman–Crippen MR) is 506 cm³/mol. The van der Waals surface area contributed by atoms with E-state index in [0.29, 0.717) is 23.6 Å². The smallest absolute Gasteiger partial charge is 0.748 e. The number of nitrogens with zero attached hydrogens (tertiary/aromatic N) is 3. The third-order valence-corrected chi connectivity index (χ3v) is 24.0. The molecule has 822 valence electrons. The van der Waals surface area contributed by atoms with Crippen molar-refractivity contribution in [3.8, 4) is 0 Å². The van der Waals surface area contributed by atoms with Crippen LogP contribution in [0.5, 0.6) is 0 Å². The quantitative estimate of drug-likeness (QED) is 0.00813. The van der Waals surface area contributed by atoms with E-state index in [9.17, 15) is 122 Å². The van der Waals surface area contributed by atoms with Crippen LogP contribution in [0.25, 0.3) is 0 Å². The number of aliphatic hydroxyl groups is 20. The van der Waals surface area contributed by atoms with Crippen molar-refractivity contribution < 1.29 is 263 Å². The van der Waals surface area contributed by atoms with E-state index in [0.717, 1.165) is 62.6 Å². The van der Waals surface area contributed by atoms with Crippen LogP contribution in [0.1, 0.15) is 222 Å². The Morgan fingerprint density at radius 1 is 0.374 bits per heavy atom. The standard InChI is InChI=1S/C38H68O8.C13H12O7.C12H12O5S.2C8H10O7.C7H8N4O5S.C6H8O8S.Na.3H2/c1-3-5-7-9-11-13-15-17-19-21-23-25-27-29-33(39)44-31-32(37-35(41)36(42)38(43)46-37)45-34(40)30-28-26-24-22-20-18-16-14-12-10-8-6-4-2;14-8(11-9(15)10(16)13(18)20-11)6-19-12(17)7-4-2-1-3-5-7;13-8(6-18-7-4-2-1-3-5-7)11-9(14)10(15)12(16)17-11;2*1-3(9)14-2-4(10)7-5(11)6(12)8(13)15-7;12-2(1-17-7-8-10-11-9-7)5-3(13)4(14)6(15)16-5;7-2(1-15(11,12)13)5-3(8)4(9)6(10)14-5;;;;/h32,37,41-42H,3-31H2,1-2H3;1-5,8,11,14-16H,6H2;1-5,8,11,13-15H,6H2;2*4,7,10-12H,2H2,1H3;2,5,12-14H,1H2,(H,8,9,10,11);2,5,7-9H,1H2,(H,11,12,13);;3*1H/q;;;;;;;+1;;;/p-1. The van der Waals surface area contributed by atoms with E-state index < -0.39 is 273 Å². The van der Waals surface area contributed by atoms with Crippen LogP contribution in [-0.2, 0) is 120 Å². The van der Waals surface area contributed by atoms with Crippen LogP contribution in [0.2, 0.25) is 0 Å². The van der Waals surface area contributed by atoms with Gasteiger partial charge in [-0.25, -0.2) is 46.8 Å². The van der Waals surface area contributed by atoms with E-state index in [1.54, 1.807) is 18.2 Å². The van der Waals surface area contributed by atoms with E-state index in [4.69, 9.17) is 70.0 Å². The monoisotopic (exact) mass is 2160 g/mol. The first kappa shape index (κ1) is 129. The van der Waals surface area contributed by atoms with Crippen molar-refractivity contribution in [1.29, 1.82) is 0 Å². The van der Waals surface area contributed by atoms with Gasteiger partial charge in [0.1, 0.15) is 63.1 Å². The molecule has 10 rings (SSSR count). The normalized spacial score (nSPS) is 19.6. The van der Waals surface area contributed by atoms with Gasteiger partial charge in [0, 0.05) is 47.4 Å². The van der Waals surface area contributed by atoms with Crippen LogP contribution in [0.3, 0.4) is 0 Å². The van der Waals surface area contributed by atoms with Crippen molar-refractivity contribution in [3.05, 3.63) is 147 Å². The maximum atomic E-state index is 12.6. The van der Waals surface area contributed by atoms with E-state index in [1.807, 2.05) is 30.3 Å². The number of unbranched alkanes of at least 4 members (excludes halogenated alkanes) is 24. The summed E-state index contributed by atoms with van der Waals surface area (Å²) in [4.78, 5) is 135. The van der Waals surface area contributed by atoms with Crippen LogP contribution in [0, 0.1) is 0 Å². The summed E-state index contributed by atoms with van der Waals surface area (Å²) in [5, 5.41) is 199. The number of nitrogens with one attached hydrogen (secondary N) is 1.